The molecule has 6 nitrogen and oxygen atoms in total. The van der Waals surface area contributed by atoms with Crippen molar-refractivity contribution >= 4 is 17.1 Å². The minimum atomic E-state index is -0.338. The van der Waals surface area contributed by atoms with Crippen LogP contribution >= 0.6 is 0 Å². The number of rotatable bonds is 4. The highest BCUT2D eigenvalue weighted by molar-refractivity contribution is 5.91. The van der Waals surface area contributed by atoms with Crippen molar-refractivity contribution in [2.45, 2.75) is 45.6 Å². The van der Waals surface area contributed by atoms with Crippen LogP contribution in [0.1, 0.15) is 36.1 Å². The Hall–Kier alpha value is -2.96. The molecule has 1 N–H and O–H groups in total. The Bertz CT molecular complexity index is 1080. The van der Waals surface area contributed by atoms with Gasteiger partial charge in [-0.2, -0.15) is 5.10 Å². The van der Waals surface area contributed by atoms with Crippen LogP contribution in [0.25, 0.3) is 5.52 Å². The lowest BCUT2D eigenvalue weighted by molar-refractivity contribution is -0.116. The van der Waals surface area contributed by atoms with E-state index < -0.39 is 0 Å². The fraction of sp³-hybridized carbons (Fsp3) is 0.350. The zero-order chi connectivity index (χ0) is 19.0. The summed E-state index contributed by atoms with van der Waals surface area (Å²) in [5, 5.41) is 7.29. The normalized spacial score (nSPS) is 13.6. The molecule has 1 aliphatic carbocycles. The molecule has 0 atom stereocenters. The summed E-state index contributed by atoms with van der Waals surface area (Å²) < 4.78 is 16.4. The second-order valence-electron chi connectivity index (χ2n) is 6.98. The molecule has 0 aliphatic heterocycles. The number of benzene rings is 1. The third-order valence-corrected chi connectivity index (χ3v) is 5.08. The van der Waals surface area contributed by atoms with E-state index in [-0.39, 0.29) is 30.2 Å². The Morgan fingerprint density at radius 1 is 1.26 bits per heavy atom. The molecule has 3 aromatic rings. The molecule has 2 heterocycles. The summed E-state index contributed by atoms with van der Waals surface area (Å²) in [5.41, 5.74) is 3.82. The molecule has 0 saturated carbocycles. The molecule has 0 radical (unpaired) electrons. The Morgan fingerprint density at radius 2 is 2.07 bits per heavy atom. The fourth-order valence-electron chi connectivity index (χ4n) is 3.63. The number of halogens is 1. The molecule has 0 unspecified atom stereocenters. The van der Waals surface area contributed by atoms with Crippen LogP contribution in [0.15, 0.2) is 35.4 Å². The average molecular weight is 368 g/mol. The molecular weight excluding hydrogens is 347 g/mol. The summed E-state index contributed by atoms with van der Waals surface area (Å²) in [6, 6.07) is 4.22. The van der Waals surface area contributed by atoms with Crippen LogP contribution < -0.4 is 10.9 Å². The van der Waals surface area contributed by atoms with Crippen LogP contribution in [0.4, 0.5) is 10.1 Å². The third-order valence-electron chi connectivity index (χ3n) is 5.08. The van der Waals surface area contributed by atoms with Crippen molar-refractivity contribution in [3.8, 4) is 0 Å². The highest BCUT2D eigenvalue weighted by Crippen LogP contribution is 2.22. The summed E-state index contributed by atoms with van der Waals surface area (Å²) in [7, 11) is 0. The van der Waals surface area contributed by atoms with Gasteiger partial charge in [0.05, 0.1) is 5.69 Å². The number of anilines is 1. The number of aromatic nitrogens is 3. The predicted molar refractivity (Wildman–Crippen MR) is 100 cm³/mol. The molecule has 1 aromatic carbocycles. The molecule has 4 rings (SSSR count). The van der Waals surface area contributed by atoms with Crippen LogP contribution in [0.5, 0.6) is 0 Å². The Labute approximate surface area is 155 Å². The lowest BCUT2D eigenvalue weighted by atomic mass is 9.97. The first-order valence-corrected chi connectivity index (χ1v) is 9.18. The summed E-state index contributed by atoms with van der Waals surface area (Å²) in [6.45, 7) is 2.02. The second-order valence-corrected chi connectivity index (χ2v) is 6.98. The molecule has 140 valence electrons. The van der Waals surface area contributed by atoms with E-state index in [9.17, 15) is 14.0 Å². The zero-order valence-corrected chi connectivity index (χ0v) is 15.2. The largest absolute Gasteiger partial charge is 0.326 e. The van der Waals surface area contributed by atoms with Gasteiger partial charge in [-0.1, -0.05) is 0 Å². The topological polar surface area (TPSA) is 68.4 Å². The van der Waals surface area contributed by atoms with Gasteiger partial charge in [-0.3, -0.25) is 9.59 Å². The van der Waals surface area contributed by atoms with Gasteiger partial charge in [0.25, 0.3) is 5.56 Å². The van der Waals surface area contributed by atoms with Crippen molar-refractivity contribution in [1.29, 1.82) is 0 Å². The lowest BCUT2D eigenvalue weighted by Gasteiger charge is -2.10. The number of amides is 1. The van der Waals surface area contributed by atoms with Gasteiger partial charge in [0.2, 0.25) is 5.91 Å². The standard InChI is InChI=1S/C20H21FN4O2/c1-13-12-14(21)6-7-16(13)22-18(26)8-9-24-10-11-25-19(20(24)27)15-4-2-3-5-17(15)23-25/h6-7,10-12H,2-5,8-9H2,1H3,(H,22,26). The molecule has 1 amide bonds. The first-order valence-electron chi connectivity index (χ1n) is 9.18. The van der Waals surface area contributed by atoms with Gasteiger partial charge in [0.15, 0.2) is 0 Å². The van der Waals surface area contributed by atoms with Crippen LogP contribution in [0.3, 0.4) is 0 Å². The highest BCUT2D eigenvalue weighted by atomic mass is 19.1. The Kier molecular flexibility index (Phi) is 4.51. The van der Waals surface area contributed by atoms with Gasteiger partial charge in [-0.05, 0) is 56.4 Å². The van der Waals surface area contributed by atoms with E-state index in [1.54, 1.807) is 34.5 Å². The molecule has 0 spiro atoms. The van der Waals surface area contributed by atoms with Crippen LogP contribution in [0.2, 0.25) is 0 Å². The Balaban J connectivity index is 1.51. The van der Waals surface area contributed by atoms with Crippen molar-refractivity contribution in [2.75, 3.05) is 5.32 Å². The highest BCUT2D eigenvalue weighted by Gasteiger charge is 2.19. The fourth-order valence-corrected chi connectivity index (χ4v) is 3.63. The number of fused-ring (bicyclic) bond motifs is 3. The first kappa shape index (κ1) is 17.5. The smallest absolute Gasteiger partial charge is 0.276 e. The second kappa shape index (κ2) is 6.98. The van der Waals surface area contributed by atoms with Gasteiger partial charge in [0.1, 0.15) is 11.3 Å². The predicted octanol–water partition coefficient (Wildman–Crippen LogP) is 2.85. The summed E-state index contributed by atoms with van der Waals surface area (Å²) in [6.07, 6.45) is 7.57. The summed E-state index contributed by atoms with van der Waals surface area (Å²) in [4.78, 5) is 25.1. The molecule has 27 heavy (non-hydrogen) atoms. The van der Waals surface area contributed by atoms with E-state index in [4.69, 9.17) is 0 Å². The Morgan fingerprint density at radius 3 is 2.89 bits per heavy atom. The summed E-state index contributed by atoms with van der Waals surface area (Å²) in [5.74, 6) is -0.554. The van der Waals surface area contributed by atoms with E-state index in [1.165, 1.54) is 12.1 Å². The van der Waals surface area contributed by atoms with Crippen LogP contribution in [-0.2, 0) is 24.2 Å². The van der Waals surface area contributed by atoms with E-state index in [0.29, 0.717) is 16.8 Å². The van der Waals surface area contributed by atoms with Crippen molar-refractivity contribution in [1.82, 2.24) is 14.2 Å². The van der Waals surface area contributed by atoms with Gasteiger partial charge in [-0.15, -0.1) is 0 Å². The zero-order valence-electron chi connectivity index (χ0n) is 15.2. The van der Waals surface area contributed by atoms with Gasteiger partial charge >= 0.3 is 0 Å². The number of nitrogens with zero attached hydrogens (tertiary/aromatic N) is 3. The van der Waals surface area contributed by atoms with Gasteiger partial charge in [0, 0.05) is 36.6 Å². The van der Waals surface area contributed by atoms with Crippen LogP contribution in [-0.4, -0.2) is 20.1 Å². The number of carbonyl (C=O) groups is 1. The molecule has 7 heteroatoms. The summed E-state index contributed by atoms with van der Waals surface area (Å²) >= 11 is 0. The maximum atomic E-state index is 13.2. The third kappa shape index (κ3) is 3.37. The minimum absolute atomic E-state index is 0.112. The number of hydrogen-bond donors (Lipinski definition) is 1. The number of hydrogen-bond acceptors (Lipinski definition) is 3. The van der Waals surface area contributed by atoms with Gasteiger partial charge < -0.3 is 9.88 Å². The SMILES string of the molecule is Cc1cc(F)ccc1NC(=O)CCn1ccn2nc3c(c2c1=O)CCCC3. The monoisotopic (exact) mass is 368 g/mol. The van der Waals surface area contributed by atoms with E-state index >= 15 is 0 Å². The van der Waals surface area contributed by atoms with E-state index in [0.717, 1.165) is 36.9 Å². The van der Waals surface area contributed by atoms with Crippen molar-refractivity contribution < 1.29 is 9.18 Å². The maximum Gasteiger partial charge on any atom is 0.276 e. The van der Waals surface area contributed by atoms with Crippen molar-refractivity contribution in [2.24, 2.45) is 0 Å². The number of aryl methyl sites for hydroxylation is 4. The number of nitrogens with one attached hydrogen (secondary N) is 1. The minimum Gasteiger partial charge on any atom is -0.326 e. The maximum absolute atomic E-state index is 13.2. The number of carbonyl (C=O) groups excluding carboxylic acids is 1. The molecule has 0 saturated heterocycles. The van der Waals surface area contributed by atoms with Gasteiger partial charge in [-0.25, -0.2) is 8.91 Å². The van der Waals surface area contributed by atoms with Crippen molar-refractivity contribution in [3.05, 3.63) is 63.6 Å². The average Bonchev–Trinajstić information content (AvgIpc) is 3.03. The molecule has 0 bridgehead atoms. The molecule has 2 aromatic heterocycles. The molecule has 1 aliphatic rings. The molecular formula is C20H21FN4O2. The first-order chi connectivity index (χ1) is 13.0. The van der Waals surface area contributed by atoms with Crippen molar-refractivity contribution in [3.63, 3.8) is 0 Å². The van der Waals surface area contributed by atoms with E-state index in [1.807, 2.05) is 0 Å². The molecule has 0 fully saturated rings. The van der Waals surface area contributed by atoms with E-state index in [2.05, 4.69) is 10.4 Å². The quantitative estimate of drug-likeness (QED) is 0.770. The van der Waals surface area contributed by atoms with Crippen LogP contribution in [0, 0.1) is 12.7 Å². The lowest BCUT2D eigenvalue weighted by Crippen LogP contribution is -2.25.